The van der Waals surface area contributed by atoms with Crippen LogP contribution in [0.3, 0.4) is 0 Å². The van der Waals surface area contributed by atoms with Crippen LogP contribution < -0.4 is 0 Å². The van der Waals surface area contributed by atoms with Crippen molar-refractivity contribution in [1.29, 1.82) is 0 Å². The topological polar surface area (TPSA) is 19.9 Å². The fourth-order valence-corrected chi connectivity index (χ4v) is 1.91. The zero-order valence-electron chi connectivity index (χ0n) is 7.46. The average Bonchev–Trinajstić information content (AvgIpc) is 2.16. The lowest BCUT2D eigenvalue weighted by atomic mass is 10.1. The molecule has 1 aromatic carbocycles. The molecule has 0 aliphatic heterocycles. The first-order valence-electron chi connectivity index (χ1n) is 4.05. The number of rotatable bonds is 3. The first-order chi connectivity index (χ1) is 5.81. The summed E-state index contributed by atoms with van der Waals surface area (Å²) in [6.07, 6.45) is 3.08. The molecule has 0 aliphatic carbocycles. The van der Waals surface area contributed by atoms with Gasteiger partial charge in [0.25, 0.3) is 0 Å². The van der Waals surface area contributed by atoms with Crippen molar-refractivity contribution >= 4 is 11.8 Å². The number of hydrogen-bond acceptors (Lipinski definition) is 1. The van der Waals surface area contributed by atoms with Crippen LogP contribution >= 0.6 is 11.8 Å². The second kappa shape index (κ2) is 4.53. The molecular weight excluding hydrogens is 168 g/mol. The fourth-order valence-electron chi connectivity index (χ4n) is 1.17. The van der Waals surface area contributed by atoms with Crippen LogP contribution in [0.15, 0.2) is 23.1 Å². The van der Waals surface area contributed by atoms with Crippen molar-refractivity contribution in [2.24, 2.45) is 0 Å². The molecule has 0 spiro atoms. The summed E-state index contributed by atoms with van der Waals surface area (Å²) in [6, 6.07) is 5.97. The molecule has 1 nitrogen and oxygen atoms in total. The van der Waals surface area contributed by atoms with E-state index in [9.17, 15) is 5.11 Å². The normalized spacial score (nSPS) is 10.2. The first kappa shape index (κ1) is 9.62. The molecule has 0 amide bonds. The summed E-state index contributed by atoms with van der Waals surface area (Å²) in [4.78, 5) is 1.24. The van der Waals surface area contributed by atoms with Crippen LogP contribution in [0.2, 0.25) is 0 Å². The van der Waals surface area contributed by atoms with Crippen molar-refractivity contribution in [3.63, 3.8) is 0 Å². The molecule has 0 fully saturated rings. The molecule has 0 unspecified atom stereocenters. The predicted octanol–water partition coefficient (Wildman–Crippen LogP) is 2.90. The lowest BCUT2D eigenvalue weighted by molar-refractivity contribution is 0.177. The highest BCUT2D eigenvalue weighted by Crippen LogP contribution is 2.22. The standard InChI is InChI=1S/C10H13OS/c1-3-9-5-4-8(7-11)6-10(9)12-2/h4-6H,3,7H2,1-2H3. The molecular formula is C10H13OS. The van der Waals surface area contributed by atoms with Gasteiger partial charge in [-0.15, -0.1) is 11.8 Å². The maximum atomic E-state index is 10.6. The fraction of sp³-hybridized carbons (Fsp3) is 0.400. The third kappa shape index (κ3) is 2.02. The van der Waals surface area contributed by atoms with Crippen molar-refractivity contribution in [2.75, 3.05) is 6.26 Å². The minimum atomic E-state index is -0.114. The third-order valence-corrected chi connectivity index (χ3v) is 2.72. The van der Waals surface area contributed by atoms with Crippen LogP contribution in [0.25, 0.3) is 0 Å². The van der Waals surface area contributed by atoms with Gasteiger partial charge in [-0.1, -0.05) is 19.1 Å². The van der Waals surface area contributed by atoms with Crippen LogP contribution in [0.5, 0.6) is 0 Å². The van der Waals surface area contributed by atoms with Gasteiger partial charge in [-0.25, -0.2) is 5.11 Å². The van der Waals surface area contributed by atoms with Gasteiger partial charge < -0.3 is 0 Å². The van der Waals surface area contributed by atoms with E-state index in [4.69, 9.17) is 0 Å². The summed E-state index contributed by atoms with van der Waals surface area (Å²) >= 11 is 1.71. The molecule has 0 heterocycles. The van der Waals surface area contributed by atoms with E-state index in [0.29, 0.717) is 0 Å². The second-order valence-corrected chi connectivity index (χ2v) is 3.49. The Hall–Kier alpha value is -0.470. The molecule has 0 saturated carbocycles. The Bertz CT molecular complexity index is 258. The monoisotopic (exact) mass is 181 g/mol. The SMILES string of the molecule is CCc1ccc(C[O])cc1SC. The van der Waals surface area contributed by atoms with Crippen molar-refractivity contribution in [3.8, 4) is 0 Å². The molecule has 0 aromatic heterocycles. The van der Waals surface area contributed by atoms with E-state index in [1.54, 1.807) is 11.8 Å². The molecule has 0 saturated heterocycles. The maximum absolute atomic E-state index is 10.6. The molecule has 0 bridgehead atoms. The largest absolute Gasteiger partial charge is 0.232 e. The first-order valence-corrected chi connectivity index (χ1v) is 5.28. The number of aryl methyl sites for hydroxylation is 1. The highest BCUT2D eigenvalue weighted by atomic mass is 32.2. The van der Waals surface area contributed by atoms with E-state index in [2.05, 4.69) is 13.0 Å². The molecule has 2 heteroatoms. The number of benzene rings is 1. The Balaban J connectivity index is 3.02. The number of hydrogen-bond donors (Lipinski definition) is 0. The van der Waals surface area contributed by atoms with E-state index in [-0.39, 0.29) is 6.61 Å². The van der Waals surface area contributed by atoms with Gasteiger partial charge in [0.1, 0.15) is 6.61 Å². The molecule has 0 aliphatic rings. The highest BCUT2D eigenvalue weighted by molar-refractivity contribution is 7.98. The van der Waals surface area contributed by atoms with Gasteiger partial charge in [0.2, 0.25) is 0 Å². The predicted molar refractivity (Wildman–Crippen MR) is 52.0 cm³/mol. The van der Waals surface area contributed by atoms with Crippen LogP contribution in [-0.2, 0) is 18.1 Å². The Kier molecular flexibility index (Phi) is 3.63. The maximum Gasteiger partial charge on any atom is 0.107 e. The van der Waals surface area contributed by atoms with E-state index < -0.39 is 0 Å². The summed E-state index contributed by atoms with van der Waals surface area (Å²) in [5, 5.41) is 10.6. The van der Waals surface area contributed by atoms with Gasteiger partial charge in [-0.3, -0.25) is 0 Å². The molecule has 65 valence electrons. The Labute approximate surface area is 77.8 Å². The van der Waals surface area contributed by atoms with Gasteiger partial charge in [0, 0.05) is 4.90 Å². The zero-order chi connectivity index (χ0) is 8.97. The molecule has 1 radical (unpaired) electrons. The molecule has 1 rings (SSSR count). The van der Waals surface area contributed by atoms with Gasteiger partial charge in [0.15, 0.2) is 0 Å². The van der Waals surface area contributed by atoms with Crippen molar-refractivity contribution < 1.29 is 5.11 Å². The van der Waals surface area contributed by atoms with E-state index in [0.717, 1.165) is 12.0 Å². The van der Waals surface area contributed by atoms with E-state index in [1.807, 2.05) is 18.4 Å². The number of thioether (sulfide) groups is 1. The smallest absolute Gasteiger partial charge is 0.107 e. The van der Waals surface area contributed by atoms with Gasteiger partial charge >= 0.3 is 0 Å². The summed E-state index contributed by atoms with van der Waals surface area (Å²) in [5.74, 6) is 0. The summed E-state index contributed by atoms with van der Waals surface area (Å²) in [5.41, 5.74) is 2.22. The lowest BCUT2D eigenvalue weighted by Gasteiger charge is -2.05. The molecule has 12 heavy (non-hydrogen) atoms. The average molecular weight is 181 g/mol. The zero-order valence-corrected chi connectivity index (χ0v) is 8.28. The van der Waals surface area contributed by atoms with Crippen molar-refractivity contribution in [2.45, 2.75) is 24.8 Å². The van der Waals surface area contributed by atoms with Crippen LogP contribution in [0, 0.1) is 0 Å². The third-order valence-electron chi connectivity index (χ3n) is 1.90. The van der Waals surface area contributed by atoms with Crippen molar-refractivity contribution in [3.05, 3.63) is 29.3 Å². The van der Waals surface area contributed by atoms with Gasteiger partial charge in [-0.2, -0.15) is 0 Å². The Morgan fingerprint density at radius 3 is 2.67 bits per heavy atom. The summed E-state index contributed by atoms with van der Waals surface area (Å²) in [6.45, 7) is 2.02. The Morgan fingerprint density at radius 1 is 1.42 bits per heavy atom. The minimum Gasteiger partial charge on any atom is -0.232 e. The molecule has 0 atom stereocenters. The van der Waals surface area contributed by atoms with Gasteiger partial charge in [0.05, 0.1) is 0 Å². The van der Waals surface area contributed by atoms with E-state index in [1.165, 1.54) is 10.5 Å². The second-order valence-electron chi connectivity index (χ2n) is 2.64. The van der Waals surface area contributed by atoms with Crippen LogP contribution in [0.1, 0.15) is 18.1 Å². The molecule has 0 N–H and O–H groups in total. The van der Waals surface area contributed by atoms with Crippen molar-refractivity contribution in [1.82, 2.24) is 0 Å². The quantitative estimate of drug-likeness (QED) is 0.656. The van der Waals surface area contributed by atoms with E-state index >= 15 is 0 Å². The van der Waals surface area contributed by atoms with Gasteiger partial charge in [-0.05, 0) is 29.9 Å². The lowest BCUT2D eigenvalue weighted by Crippen LogP contribution is -1.88. The highest BCUT2D eigenvalue weighted by Gasteiger charge is 2.00. The summed E-state index contributed by atoms with van der Waals surface area (Å²) < 4.78 is 0. The summed E-state index contributed by atoms with van der Waals surface area (Å²) in [7, 11) is 0. The Morgan fingerprint density at radius 2 is 2.17 bits per heavy atom. The van der Waals surface area contributed by atoms with Crippen LogP contribution in [0.4, 0.5) is 0 Å². The van der Waals surface area contributed by atoms with Crippen LogP contribution in [-0.4, -0.2) is 6.26 Å². The minimum absolute atomic E-state index is 0.114. The molecule has 1 aromatic rings.